The van der Waals surface area contributed by atoms with E-state index >= 15 is 0 Å². The van der Waals surface area contributed by atoms with Crippen LogP contribution in [0.2, 0.25) is 0 Å². The highest BCUT2D eigenvalue weighted by atomic mass is 127. The van der Waals surface area contributed by atoms with Crippen molar-refractivity contribution < 1.29 is 4.42 Å². The number of pyridine rings is 1. The molecular weight excluding hydrogens is 429 g/mol. The molecule has 0 aliphatic rings. The van der Waals surface area contributed by atoms with Crippen molar-refractivity contribution in [1.29, 1.82) is 0 Å². The summed E-state index contributed by atoms with van der Waals surface area (Å²) in [5.41, 5.74) is 2.15. The number of nitrogens with zero attached hydrogens (tertiary/aromatic N) is 3. The second-order valence-electron chi connectivity index (χ2n) is 6.19. The van der Waals surface area contributed by atoms with Gasteiger partial charge in [-0.15, -0.1) is 24.0 Å². The Morgan fingerprint density at radius 1 is 1.28 bits per heavy atom. The highest BCUT2D eigenvalue weighted by molar-refractivity contribution is 14.0. The summed E-state index contributed by atoms with van der Waals surface area (Å²) in [6.45, 7) is 9.58. The van der Waals surface area contributed by atoms with Crippen molar-refractivity contribution in [3.05, 3.63) is 47.4 Å². The molecule has 25 heavy (non-hydrogen) atoms. The third-order valence-electron chi connectivity index (χ3n) is 4.11. The molecule has 1 atom stereocenters. The van der Waals surface area contributed by atoms with Crippen molar-refractivity contribution in [2.24, 2.45) is 10.9 Å². The van der Waals surface area contributed by atoms with E-state index in [1.165, 1.54) is 5.56 Å². The van der Waals surface area contributed by atoms with Crippen LogP contribution in [0, 0.1) is 19.8 Å². The molecule has 2 heterocycles. The van der Waals surface area contributed by atoms with Crippen LogP contribution in [0.25, 0.3) is 0 Å². The number of aliphatic imine (C=N–C) groups is 1. The van der Waals surface area contributed by atoms with Crippen LogP contribution in [0.4, 0.5) is 0 Å². The minimum absolute atomic E-state index is 0. The molecule has 0 saturated carbocycles. The summed E-state index contributed by atoms with van der Waals surface area (Å²) in [6, 6.07) is 4.10. The maximum atomic E-state index is 5.58. The van der Waals surface area contributed by atoms with Crippen molar-refractivity contribution in [3.8, 4) is 0 Å². The van der Waals surface area contributed by atoms with Gasteiger partial charge < -0.3 is 15.1 Å². The highest BCUT2D eigenvalue weighted by Gasteiger charge is 2.16. The summed E-state index contributed by atoms with van der Waals surface area (Å²) in [4.78, 5) is 12.9. The summed E-state index contributed by atoms with van der Waals surface area (Å²) < 4.78 is 5.58. The van der Waals surface area contributed by atoms with E-state index in [0.717, 1.165) is 24.0 Å². The molecule has 0 bridgehead atoms. The number of aromatic nitrogens is 2. The van der Waals surface area contributed by atoms with Crippen LogP contribution in [0.5, 0.6) is 0 Å². The molecule has 7 heteroatoms. The van der Waals surface area contributed by atoms with Gasteiger partial charge in [0.2, 0.25) is 5.89 Å². The fourth-order valence-electron chi connectivity index (χ4n) is 2.54. The first-order valence-electron chi connectivity index (χ1n) is 8.28. The average Bonchev–Trinajstić information content (AvgIpc) is 2.89. The standard InChI is InChI=1S/C18H27N5O.HI/c1-12(2)16(15-7-6-8-20-9-15)10-21-18(19-5)22-11-17-23-13(3)14(4)24-17;/h6-9,12,16H,10-11H2,1-5H3,(H2,19,21,22);1H. The Balaban J connectivity index is 0.00000312. The Hall–Kier alpha value is -1.64. The molecule has 1 unspecified atom stereocenters. The molecule has 2 rings (SSSR count). The van der Waals surface area contributed by atoms with Crippen LogP contribution in [-0.4, -0.2) is 29.5 Å². The molecule has 6 nitrogen and oxygen atoms in total. The Morgan fingerprint density at radius 3 is 2.56 bits per heavy atom. The number of oxazole rings is 1. The number of aryl methyl sites for hydroxylation is 2. The fourth-order valence-corrected chi connectivity index (χ4v) is 2.54. The second-order valence-corrected chi connectivity index (χ2v) is 6.19. The number of halogens is 1. The zero-order valence-corrected chi connectivity index (χ0v) is 17.9. The number of hydrogen-bond acceptors (Lipinski definition) is 4. The zero-order valence-electron chi connectivity index (χ0n) is 15.5. The van der Waals surface area contributed by atoms with E-state index in [0.29, 0.717) is 24.3 Å². The second kappa shape index (κ2) is 10.4. The van der Waals surface area contributed by atoms with E-state index < -0.39 is 0 Å². The van der Waals surface area contributed by atoms with E-state index in [-0.39, 0.29) is 24.0 Å². The maximum Gasteiger partial charge on any atom is 0.214 e. The molecule has 0 fully saturated rings. The van der Waals surface area contributed by atoms with Gasteiger partial charge in [0.05, 0.1) is 12.2 Å². The number of nitrogens with one attached hydrogen (secondary N) is 2. The first-order valence-corrected chi connectivity index (χ1v) is 8.28. The summed E-state index contributed by atoms with van der Waals surface area (Å²) >= 11 is 0. The smallest absolute Gasteiger partial charge is 0.214 e. The van der Waals surface area contributed by atoms with Gasteiger partial charge in [-0.1, -0.05) is 19.9 Å². The third-order valence-corrected chi connectivity index (χ3v) is 4.11. The van der Waals surface area contributed by atoms with Crippen LogP contribution in [0.1, 0.15) is 42.7 Å². The van der Waals surface area contributed by atoms with Crippen molar-refractivity contribution in [3.63, 3.8) is 0 Å². The molecule has 0 spiro atoms. The minimum Gasteiger partial charge on any atom is -0.444 e. The molecule has 2 aromatic rings. The zero-order chi connectivity index (χ0) is 17.5. The van der Waals surface area contributed by atoms with Gasteiger partial charge in [-0.2, -0.15) is 0 Å². The van der Waals surface area contributed by atoms with E-state index in [2.05, 4.69) is 45.5 Å². The monoisotopic (exact) mass is 457 g/mol. The molecule has 138 valence electrons. The van der Waals surface area contributed by atoms with E-state index in [1.54, 1.807) is 13.2 Å². The Morgan fingerprint density at radius 2 is 2.04 bits per heavy atom. The normalized spacial score (nSPS) is 12.6. The van der Waals surface area contributed by atoms with Crippen LogP contribution in [-0.2, 0) is 6.54 Å². The lowest BCUT2D eigenvalue weighted by Gasteiger charge is -2.22. The maximum absolute atomic E-state index is 5.58. The SMILES string of the molecule is CN=C(NCc1nc(C)c(C)o1)NCC(c1cccnc1)C(C)C.I. The van der Waals surface area contributed by atoms with E-state index in [9.17, 15) is 0 Å². The van der Waals surface area contributed by atoms with Crippen LogP contribution in [0.3, 0.4) is 0 Å². The third kappa shape index (κ3) is 6.30. The highest BCUT2D eigenvalue weighted by Crippen LogP contribution is 2.22. The number of rotatable bonds is 6. The van der Waals surface area contributed by atoms with Gasteiger partial charge in [0.15, 0.2) is 5.96 Å². The molecule has 2 aromatic heterocycles. The predicted molar refractivity (Wildman–Crippen MR) is 111 cm³/mol. The van der Waals surface area contributed by atoms with Crippen LogP contribution in [0.15, 0.2) is 33.9 Å². The van der Waals surface area contributed by atoms with Gasteiger partial charge in [-0.05, 0) is 31.4 Å². The molecule has 0 saturated heterocycles. The molecule has 0 aliphatic heterocycles. The topological polar surface area (TPSA) is 75.3 Å². The molecule has 0 aromatic carbocycles. The van der Waals surface area contributed by atoms with Gasteiger partial charge in [0.25, 0.3) is 0 Å². The Kier molecular flexibility index (Phi) is 8.88. The quantitative estimate of drug-likeness (QED) is 0.395. The molecular formula is C18H28IN5O. The van der Waals surface area contributed by atoms with Gasteiger partial charge in [-0.25, -0.2) is 4.98 Å². The minimum atomic E-state index is 0. The summed E-state index contributed by atoms with van der Waals surface area (Å²) in [5, 5.41) is 6.62. The van der Waals surface area contributed by atoms with E-state index in [4.69, 9.17) is 4.42 Å². The molecule has 0 amide bonds. The lowest BCUT2D eigenvalue weighted by atomic mass is 9.89. The van der Waals surface area contributed by atoms with Crippen molar-refractivity contribution >= 4 is 29.9 Å². The Labute approximate surface area is 167 Å². The average molecular weight is 457 g/mol. The molecule has 2 N–H and O–H groups in total. The van der Waals surface area contributed by atoms with Crippen molar-refractivity contribution in [2.75, 3.05) is 13.6 Å². The Bertz CT molecular complexity index is 650. The first kappa shape index (κ1) is 21.4. The van der Waals surface area contributed by atoms with Gasteiger partial charge in [0, 0.05) is 31.9 Å². The summed E-state index contributed by atoms with van der Waals surface area (Å²) in [7, 11) is 1.76. The number of hydrogen-bond donors (Lipinski definition) is 2. The largest absolute Gasteiger partial charge is 0.444 e. The summed E-state index contributed by atoms with van der Waals surface area (Å²) in [5.74, 6) is 3.12. The fraction of sp³-hybridized carbons (Fsp3) is 0.500. The van der Waals surface area contributed by atoms with Gasteiger partial charge in [-0.3, -0.25) is 9.98 Å². The van der Waals surface area contributed by atoms with Crippen LogP contribution < -0.4 is 10.6 Å². The number of guanidine groups is 1. The molecule has 0 aliphatic carbocycles. The van der Waals surface area contributed by atoms with E-state index in [1.807, 2.05) is 26.1 Å². The lowest BCUT2D eigenvalue weighted by molar-refractivity contribution is 0.460. The van der Waals surface area contributed by atoms with Crippen LogP contribution >= 0.6 is 24.0 Å². The van der Waals surface area contributed by atoms with Gasteiger partial charge in [0.1, 0.15) is 5.76 Å². The lowest BCUT2D eigenvalue weighted by Crippen LogP contribution is -2.39. The van der Waals surface area contributed by atoms with Gasteiger partial charge >= 0.3 is 0 Å². The predicted octanol–water partition coefficient (Wildman–Crippen LogP) is 3.41. The van der Waals surface area contributed by atoms with Crippen molar-refractivity contribution in [1.82, 2.24) is 20.6 Å². The first-order chi connectivity index (χ1) is 11.5. The van der Waals surface area contributed by atoms with Crippen molar-refractivity contribution in [2.45, 2.75) is 40.2 Å². The molecule has 0 radical (unpaired) electrons. The summed E-state index contributed by atoms with van der Waals surface area (Å²) in [6.07, 6.45) is 3.73.